The van der Waals surface area contributed by atoms with Gasteiger partial charge in [0, 0.05) is 23.6 Å². The molecule has 1 aromatic heterocycles. The Kier molecular flexibility index (Phi) is 6.43. The van der Waals surface area contributed by atoms with Crippen molar-refractivity contribution in [2.75, 3.05) is 25.7 Å². The molecule has 1 heterocycles. The van der Waals surface area contributed by atoms with Crippen molar-refractivity contribution in [1.29, 1.82) is 0 Å². The first kappa shape index (κ1) is 21.0. The van der Waals surface area contributed by atoms with E-state index in [1.165, 1.54) is 48.7 Å². The third-order valence-corrected chi connectivity index (χ3v) is 5.14. The topological polar surface area (TPSA) is 94.8 Å². The highest BCUT2D eigenvalue weighted by atomic mass is 32.1. The molecule has 3 aromatic rings. The van der Waals surface area contributed by atoms with E-state index in [-0.39, 0.29) is 29.3 Å². The number of amides is 1. The Morgan fingerprint density at radius 3 is 2.50 bits per heavy atom. The van der Waals surface area contributed by atoms with Crippen LogP contribution in [-0.4, -0.2) is 36.6 Å². The van der Waals surface area contributed by atoms with Gasteiger partial charge in [-0.2, -0.15) is 0 Å². The van der Waals surface area contributed by atoms with Gasteiger partial charge in [0.25, 0.3) is 11.6 Å². The molecule has 0 spiro atoms. The molecule has 8 nitrogen and oxygen atoms in total. The average molecular weight is 425 g/mol. The number of carbonyl (C=O) groups is 1. The number of rotatable bonds is 8. The molecule has 154 valence electrons. The minimum absolute atomic E-state index is 0.129. The van der Waals surface area contributed by atoms with E-state index < -0.39 is 10.8 Å². The number of nitro groups is 1. The van der Waals surface area contributed by atoms with E-state index in [0.717, 1.165) is 5.56 Å². The van der Waals surface area contributed by atoms with Gasteiger partial charge in [0.1, 0.15) is 5.56 Å². The Morgan fingerprint density at radius 2 is 1.90 bits per heavy atom. The first-order valence-electron chi connectivity index (χ1n) is 8.84. The molecule has 30 heavy (non-hydrogen) atoms. The minimum atomic E-state index is -0.626. The van der Waals surface area contributed by atoms with E-state index in [1.54, 1.807) is 0 Å². The van der Waals surface area contributed by atoms with Crippen LogP contribution in [0.25, 0.3) is 11.3 Å². The van der Waals surface area contributed by atoms with Crippen molar-refractivity contribution in [2.24, 2.45) is 0 Å². The van der Waals surface area contributed by atoms with Crippen LogP contribution in [0.5, 0.6) is 11.5 Å². The van der Waals surface area contributed by atoms with Gasteiger partial charge < -0.3 is 9.47 Å². The molecule has 0 unspecified atom stereocenters. The van der Waals surface area contributed by atoms with Crippen LogP contribution in [0.1, 0.15) is 10.4 Å². The number of thiazole rings is 1. The molecule has 0 N–H and O–H groups in total. The van der Waals surface area contributed by atoms with Crippen LogP contribution in [0.4, 0.5) is 10.8 Å². The van der Waals surface area contributed by atoms with Gasteiger partial charge in [-0.3, -0.25) is 19.8 Å². The Bertz CT molecular complexity index is 1080. The lowest BCUT2D eigenvalue weighted by atomic mass is 10.1. The molecule has 0 atom stereocenters. The summed E-state index contributed by atoms with van der Waals surface area (Å²) in [5.74, 6) is -0.206. The van der Waals surface area contributed by atoms with E-state index in [1.807, 2.05) is 35.7 Å². The lowest BCUT2D eigenvalue weighted by molar-refractivity contribution is -0.385. The van der Waals surface area contributed by atoms with Crippen LogP contribution >= 0.6 is 11.3 Å². The molecule has 0 bridgehead atoms. The molecule has 9 heteroatoms. The monoisotopic (exact) mass is 425 g/mol. The van der Waals surface area contributed by atoms with Crippen molar-refractivity contribution in [2.45, 2.75) is 0 Å². The number of hydrogen-bond donors (Lipinski definition) is 0. The van der Waals surface area contributed by atoms with Gasteiger partial charge >= 0.3 is 0 Å². The third kappa shape index (κ3) is 4.15. The molecule has 2 aromatic carbocycles. The average Bonchev–Trinajstić information content (AvgIpc) is 3.26. The van der Waals surface area contributed by atoms with E-state index in [9.17, 15) is 14.9 Å². The largest absolute Gasteiger partial charge is 0.493 e. The molecule has 0 aliphatic carbocycles. The lowest BCUT2D eigenvalue weighted by Crippen LogP contribution is -2.31. The summed E-state index contributed by atoms with van der Waals surface area (Å²) in [5, 5.41) is 13.8. The molecule has 0 fully saturated rings. The fourth-order valence-electron chi connectivity index (χ4n) is 2.84. The summed E-state index contributed by atoms with van der Waals surface area (Å²) in [4.78, 5) is 30.2. The van der Waals surface area contributed by atoms with Crippen LogP contribution in [0.3, 0.4) is 0 Å². The molecular formula is C21H19N3O5S. The predicted molar refractivity (Wildman–Crippen MR) is 116 cm³/mol. The molecule has 0 saturated heterocycles. The van der Waals surface area contributed by atoms with Crippen LogP contribution < -0.4 is 14.4 Å². The summed E-state index contributed by atoms with van der Waals surface area (Å²) in [6.07, 6.45) is 1.54. The van der Waals surface area contributed by atoms with Gasteiger partial charge in [-0.05, 0) is 0 Å². The number of aromatic nitrogens is 1. The van der Waals surface area contributed by atoms with Crippen molar-refractivity contribution in [3.05, 3.63) is 76.2 Å². The number of ether oxygens (including phenoxy) is 2. The second kappa shape index (κ2) is 9.19. The molecule has 0 aliphatic heterocycles. The second-order valence-corrected chi connectivity index (χ2v) is 6.90. The van der Waals surface area contributed by atoms with Crippen LogP contribution in [-0.2, 0) is 0 Å². The maximum Gasteiger partial charge on any atom is 0.286 e. The summed E-state index contributed by atoms with van der Waals surface area (Å²) in [6.45, 7) is 3.82. The van der Waals surface area contributed by atoms with Gasteiger partial charge in [-0.1, -0.05) is 36.4 Å². The van der Waals surface area contributed by atoms with Crippen molar-refractivity contribution in [1.82, 2.24) is 4.98 Å². The number of methoxy groups -OCH3 is 2. The van der Waals surface area contributed by atoms with Crippen LogP contribution in [0.2, 0.25) is 0 Å². The highest BCUT2D eigenvalue weighted by molar-refractivity contribution is 7.14. The van der Waals surface area contributed by atoms with E-state index >= 15 is 0 Å². The zero-order chi connectivity index (χ0) is 21.7. The number of nitrogens with zero attached hydrogens (tertiary/aromatic N) is 3. The standard InChI is InChI=1S/C21H19N3O5S/c1-4-10-23(21-22-16(13-30-21)14-8-6-5-7-9-14)20(25)15-11-18(28-2)19(29-3)12-17(15)24(26)27/h4-9,11-13H,1,10H2,2-3H3. The number of nitro benzene ring substituents is 1. The highest BCUT2D eigenvalue weighted by Gasteiger charge is 2.29. The minimum Gasteiger partial charge on any atom is -0.493 e. The Labute approximate surface area is 177 Å². The maximum absolute atomic E-state index is 13.3. The van der Waals surface area contributed by atoms with Gasteiger partial charge in [0.2, 0.25) is 0 Å². The first-order chi connectivity index (χ1) is 14.5. The number of benzene rings is 2. The fourth-order valence-corrected chi connectivity index (χ4v) is 3.68. The van der Waals surface area contributed by atoms with Gasteiger partial charge in [-0.25, -0.2) is 4.98 Å². The third-order valence-electron chi connectivity index (χ3n) is 4.28. The van der Waals surface area contributed by atoms with E-state index in [4.69, 9.17) is 9.47 Å². The molecule has 0 saturated carbocycles. The molecule has 0 aliphatic rings. The van der Waals surface area contributed by atoms with Gasteiger partial charge in [-0.15, -0.1) is 17.9 Å². The fraction of sp³-hybridized carbons (Fsp3) is 0.143. The molecule has 3 rings (SSSR count). The highest BCUT2D eigenvalue weighted by Crippen LogP contribution is 2.36. The molecule has 0 radical (unpaired) electrons. The van der Waals surface area contributed by atoms with Crippen molar-refractivity contribution in [3.63, 3.8) is 0 Å². The first-order valence-corrected chi connectivity index (χ1v) is 9.72. The van der Waals surface area contributed by atoms with E-state index in [2.05, 4.69) is 11.6 Å². The summed E-state index contributed by atoms with van der Waals surface area (Å²) < 4.78 is 10.3. The Hall–Kier alpha value is -3.72. The molecule has 1 amide bonds. The maximum atomic E-state index is 13.3. The van der Waals surface area contributed by atoms with E-state index in [0.29, 0.717) is 10.8 Å². The SMILES string of the molecule is C=CCN(C(=O)c1cc(OC)c(OC)cc1[N+](=O)[O-])c1nc(-c2ccccc2)cs1. The van der Waals surface area contributed by atoms with Crippen molar-refractivity contribution >= 4 is 28.1 Å². The summed E-state index contributed by atoms with van der Waals surface area (Å²) >= 11 is 1.27. The normalized spacial score (nSPS) is 10.3. The van der Waals surface area contributed by atoms with Crippen LogP contribution in [0, 0.1) is 10.1 Å². The zero-order valence-corrected chi connectivity index (χ0v) is 17.2. The Balaban J connectivity index is 2.05. The predicted octanol–water partition coefficient (Wildman–Crippen LogP) is 4.57. The quantitative estimate of drug-likeness (QED) is 0.298. The second-order valence-electron chi connectivity index (χ2n) is 6.07. The number of hydrogen-bond acceptors (Lipinski definition) is 7. The van der Waals surface area contributed by atoms with Gasteiger partial charge in [0.15, 0.2) is 16.6 Å². The lowest BCUT2D eigenvalue weighted by Gasteiger charge is -2.19. The molecular weight excluding hydrogens is 406 g/mol. The van der Waals surface area contributed by atoms with Crippen LogP contribution in [0.15, 0.2) is 60.5 Å². The zero-order valence-electron chi connectivity index (χ0n) is 16.4. The van der Waals surface area contributed by atoms with Gasteiger partial charge in [0.05, 0.1) is 30.9 Å². The summed E-state index contributed by atoms with van der Waals surface area (Å²) in [5.41, 5.74) is 1.10. The number of anilines is 1. The van der Waals surface area contributed by atoms with Crippen molar-refractivity contribution < 1.29 is 19.2 Å². The summed E-state index contributed by atoms with van der Waals surface area (Å²) in [6, 6.07) is 12.0. The smallest absolute Gasteiger partial charge is 0.286 e. The Morgan fingerprint density at radius 1 is 1.23 bits per heavy atom. The summed E-state index contributed by atoms with van der Waals surface area (Å²) in [7, 11) is 2.76. The van der Waals surface area contributed by atoms with Crippen molar-refractivity contribution in [3.8, 4) is 22.8 Å². The number of carbonyl (C=O) groups excluding carboxylic acids is 1.